The first-order chi connectivity index (χ1) is 17.0. The van der Waals surface area contributed by atoms with Gasteiger partial charge in [-0.2, -0.15) is 0 Å². The zero-order valence-corrected chi connectivity index (χ0v) is 21.2. The van der Waals surface area contributed by atoms with Crippen molar-refractivity contribution in [3.63, 3.8) is 0 Å². The summed E-state index contributed by atoms with van der Waals surface area (Å²) in [4.78, 5) is 25.1. The molecule has 35 heavy (non-hydrogen) atoms. The van der Waals surface area contributed by atoms with Crippen molar-refractivity contribution in [3.8, 4) is 17.4 Å². The van der Waals surface area contributed by atoms with Crippen LogP contribution < -0.4 is 10.1 Å². The number of nitrogens with one attached hydrogen (secondary N) is 1. The molecule has 0 aliphatic carbocycles. The van der Waals surface area contributed by atoms with Crippen molar-refractivity contribution in [3.05, 3.63) is 60.3 Å². The molecule has 0 amide bonds. The van der Waals surface area contributed by atoms with Crippen LogP contribution in [-0.2, 0) is 0 Å². The topological polar surface area (TPSA) is 94.3 Å². The maximum Gasteiger partial charge on any atom is 0.213 e. The van der Waals surface area contributed by atoms with E-state index in [9.17, 15) is 9.18 Å². The molecule has 0 aliphatic heterocycles. The Morgan fingerprint density at radius 3 is 2.54 bits per heavy atom. The van der Waals surface area contributed by atoms with Gasteiger partial charge in [0.2, 0.25) is 11.7 Å². The standard InChI is InChI=1S/C21H19FN6O2.C3H8.C2H6/c1-3-5-18(29)13-10-17-21(25-15-8-9-23-11-14(15)22)26-20(27-28(17)12-13)16-6-4-7-19(24-16)30-2;1-3-2;1-2/h4,6-12H,3,5H2,1-2H3,(H,23,25,26,27);3H2,1-2H3;1-2H3. The van der Waals surface area contributed by atoms with Crippen molar-refractivity contribution in [2.45, 2.75) is 53.9 Å². The van der Waals surface area contributed by atoms with E-state index in [2.05, 4.69) is 39.2 Å². The fourth-order valence-electron chi connectivity index (χ4n) is 2.98. The maximum atomic E-state index is 14.2. The minimum absolute atomic E-state index is 0.00472. The molecule has 0 atom stereocenters. The molecule has 8 nitrogen and oxygen atoms in total. The van der Waals surface area contributed by atoms with E-state index in [1.807, 2.05) is 20.8 Å². The number of pyridine rings is 2. The second-order valence-corrected chi connectivity index (χ2v) is 7.27. The number of nitrogens with zero attached hydrogens (tertiary/aromatic N) is 5. The van der Waals surface area contributed by atoms with Crippen LogP contribution in [0.25, 0.3) is 17.0 Å². The number of anilines is 2. The normalized spacial score (nSPS) is 10.0. The minimum Gasteiger partial charge on any atom is -0.481 e. The van der Waals surface area contributed by atoms with Crippen LogP contribution in [0.5, 0.6) is 5.88 Å². The Balaban J connectivity index is 0.000000803. The van der Waals surface area contributed by atoms with E-state index in [1.54, 1.807) is 35.0 Å². The van der Waals surface area contributed by atoms with E-state index in [-0.39, 0.29) is 11.5 Å². The van der Waals surface area contributed by atoms with Gasteiger partial charge in [-0.1, -0.05) is 47.1 Å². The van der Waals surface area contributed by atoms with Crippen LogP contribution in [0, 0.1) is 5.82 Å². The Kier molecular flexibility index (Phi) is 10.7. The van der Waals surface area contributed by atoms with Crippen LogP contribution >= 0.6 is 0 Å². The smallest absolute Gasteiger partial charge is 0.213 e. The molecule has 0 spiro atoms. The number of carbonyl (C=O) groups excluding carboxylic acids is 1. The molecule has 4 aromatic heterocycles. The minimum atomic E-state index is -0.524. The van der Waals surface area contributed by atoms with Gasteiger partial charge < -0.3 is 10.1 Å². The summed E-state index contributed by atoms with van der Waals surface area (Å²) in [5, 5.41) is 7.48. The quantitative estimate of drug-likeness (QED) is 0.302. The molecule has 0 unspecified atom stereocenters. The third-order valence-electron chi connectivity index (χ3n) is 4.45. The molecule has 0 saturated carbocycles. The van der Waals surface area contributed by atoms with Crippen molar-refractivity contribution < 1.29 is 13.9 Å². The van der Waals surface area contributed by atoms with E-state index in [0.29, 0.717) is 40.7 Å². The summed E-state index contributed by atoms with van der Waals surface area (Å²) < 4.78 is 20.9. The van der Waals surface area contributed by atoms with Crippen molar-refractivity contribution in [2.24, 2.45) is 0 Å². The van der Waals surface area contributed by atoms with Gasteiger partial charge in [-0.15, -0.1) is 5.10 Å². The van der Waals surface area contributed by atoms with Gasteiger partial charge in [-0.3, -0.25) is 9.78 Å². The maximum absolute atomic E-state index is 14.2. The number of methoxy groups -OCH3 is 1. The predicted octanol–water partition coefficient (Wildman–Crippen LogP) is 6.50. The highest BCUT2D eigenvalue weighted by Crippen LogP contribution is 2.26. The summed E-state index contributed by atoms with van der Waals surface area (Å²) in [6.45, 7) is 10.2. The summed E-state index contributed by atoms with van der Waals surface area (Å²) >= 11 is 0. The molecule has 9 heteroatoms. The van der Waals surface area contributed by atoms with Crippen molar-refractivity contribution in [1.82, 2.24) is 24.6 Å². The van der Waals surface area contributed by atoms with Crippen molar-refractivity contribution in [2.75, 3.05) is 12.4 Å². The first-order valence-corrected chi connectivity index (χ1v) is 11.8. The zero-order chi connectivity index (χ0) is 25.8. The Morgan fingerprint density at radius 1 is 1.14 bits per heavy atom. The number of fused-ring (bicyclic) bond motifs is 1. The lowest BCUT2D eigenvalue weighted by Gasteiger charge is -2.10. The number of hydrogen-bond acceptors (Lipinski definition) is 7. The van der Waals surface area contributed by atoms with E-state index >= 15 is 0 Å². The number of Topliss-reactive ketones (excluding diaryl/α,β-unsaturated/α-hetero) is 1. The second kappa shape index (κ2) is 13.7. The summed E-state index contributed by atoms with van der Waals surface area (Å²) in [6, 6.07) is 8.43. The van der Waals surface area contributed by atoms with Gasteiger partial charge in [-0.05, 0) is 24.6 Å². The van der Waals surface area contributed by atoms with Crippen LogP contribution in [-0.4, -0.2) is 37.5 Å². The number of halogens is 1. The number of hydrogen-bond donors (Lipinski definition) is 1. The Labute approximate surface area is 205 Å². The van der Waals surface area contributed by atoms with Gasteiger partial charge in [0.05, 0.1) is 19.0 Å². The van der Waals surface area contributed by atoms with Gasteiger partial charge >= 0.3 is 0 Å². The lowest BCUT2D eigenvalue weighted by atomic mass is 10.1. The fourth-order valence-corrected chi connectivity index (χ4v) is 2.98. The summed E-state index contributed by atoms with van der Waals surface area (Å²) in [5.41, 5.74) is 1.74. The Bertz CT molecular complexity index is 1240. The predicted molar refractivity (Wildman–Crippen MR) is 137 cm³/mol. The highest BCUT2D eigenvalue weighted by molar-refractivity contribution is 5.98. The van der Waals surface area contributed by atoms with Gasteiger partial charge in [0.25, 0.3) is 0 Å². The average molecular weight is 481 g/mol. The molecule has 4 heterocycles. The molecule has 0 radical (unpaired) electrons. The van der Waals surface area contributed by atoms with Gasteiger partial charge in [0.1, 0.15) is 11.2 Å². The molecular weight excluding hydrogens is 447 g/mol. The van der Waals surface area contributed by atoms with Crippen LogP contribution in [0.1, 0.15) is 64.2 Å². The van der Waals surface area contributed by atoms with Gasteiger partial charge in [0, 0.05) is 30.4 Å². The lowest BCUT2D eigenvalue weighted by Crippen LogP contribution is -2.05. The molecular formula is C26H33FN6O2. The molecule has 4 aromatic rings. The third-order valence-corrected chi connectivity index (χ3v) is 4.45. The molecule has 0 aliphatic rings. The highest BCUT2D eigenvalue weighted by Gasteiger charge is 2.17. The fraction of sp³-hybridized carbons (Fsp3) is 0.346. The molecule has 0 fully saturated rings. The molecule has 4 rings (SSSR count). The van der Waals surface area contributed by atoms with Crippen molar-refractivity contribution >= 4 is 22.8 Å². The Hall–Kier alpha value is -3.88. The largest absolute Gasteiger partial charge is 0.481 e. The third kappa shape index (κ3) is 7.05. The summed E-state index contributed by atoms with van der Waals surface area (Å²) in [7, 11) is 1.52. The second-order valence-electron chi connectivity index (χ2n) is 7.27. The van der Waals surface area contributed by atoms with Crippen LogP contribution in [0.3, 0.4) is 0 Å². The number of rotatable bonds is 7. The summed E-state index contributed by atoms with van der Waals surface area (Å²) in [5.74, 6) is 0.528. The zero-order valence-electron chi connectivity index (χ0n) is 21.2. The number of carbonyl (C=O) groups is 1. The van der Waals surface area contributed by atoms with E-state index in [4.69, 9.17) is 4.74 Å². The number of ketones is 1. The Morgan fingerprint density at radius 2 is 1.89 bits per heavy atom. The van der Waals surface area contributed by atoms with E-state index in [0.717, 1.165) is 12.6 Å². The van der Waals surface area contributed by atoms with Crippen LogP contribution in [0.2, 0.25) is 0 Å². The van der Waals surface area contributed by atoms with E-state index < -0.39 is 5.82 Å². The van der Waals surface area contributed by atoms with Gasteiger partial charge in [-0.25, -0.2) is 18.9 Å². The average Bonchev–Trinajstić information content (AvgIpc) is 3.32. The van der Waals surface area contributed by atoms with Crippen LogP contribution in [0.4, 0.5) is 15.9 Å². The van der Waals surface area contributed by atoms with Crippen molar-refractivity contribution in [1.29, 1.82) is 0 Å². The molecule has 0 saturated heterocycles. The highest BCUT2D eigenvalue weighted by atomic mass is 19.1. The SMILES string of the molecule is CC.CCC.CCCC(=O)c1cc2c(Nc3ccncc3F)nc(-c3cccc(OC)n3)nn2c1. The first kappa shape index (κ1) is 27.4. The molecule has 0 aromatic carbocycles. The molecule has 0 bridgehead atoms. The monoisotopic (exact) mass is 480 g/mol. The summed E-state index contributed by atoms with van der Waals surface area (Å²) in [6.07, 6.45) is 6.65. The number of ether oxygens (including phenoxy) is 1. The first-order valence-electron chi connectivity index (χ1n) is 11.8. The van der Waals surface area contributed by atoms with E-state index in [1.165, 1.54) is 25.8 Å². The number of aromatic nitrogens is 5. The molecule has 186 valence electrons. The lowest BCUT2D eigenvalue weighted by molar-refractivity contribution is 0.0982. The van der Waals surface area contributed by atoms with Crippen LogP contribution in [0.15, 0.2) is 48.9 Å². The van der Waals surface area contributed by atoms with Gasteiger partial charge in [0.15, 0.2) is 17.4 Å². The molecule has 1 N–H and O–H groups in total.